The summed E-state index contributed by atoms with van der Waals surface area (Å²) in [6, 6.07) is 0. The summed E-state index contributed by atoms with van der Waals surface area (Å²) in [6.45, 7) is 0. The van der Waals surface area contributed by atoms with Gasteiger partial charge in [-0.25, -0.2) is 4.98 Å². The molecular weight excluding hydrogens is 212 g/mol. The fourth-order valence-electron chi connectivity index (χ4n) is 3.93. The Morgan fingerprint density at radius 3 is 2.53 bits per heavy atom. The van der Waals surface area contributed by atoms with E-state index in [1.165, 1.54) is 38.5 Å². The molecule has 3 nitrogen and oxygen atoms in total. The molecule has 0 spiro atoms. The van der Waals surface area contributed by atoms with Crippen LogP contribution in [0.15, 0.2) is 12.4 Å². The van der Waals surface area contributed by atoms with Gasteiger partial charge in [0.2, 0.25) is 5.78 Å². The Labute approximate surface area is 102 Å². The lowest BCUT2D eigenvalue weighted by Gasteiger charge is -2.45. The lowest BCUT2D eigenvalue weighted by molar-refractivity contribution is 0.0336. The molecule has 0 atom stereocenters. The lowest BCUT2D eigenvalue weighted by atomic mass is 9.57. The van der Waals surface area contributed by atoms with Crippen LogP contribution in [0, 0.1) is 11.3 Å². The third-order valence-electron chi connectivity index (χ3n) is 4.80. The number of imidazole rings is 1. The molecule has 1 aromatic rings. The van der Waals surface area contributed by atoms with Crippen LogP contribution in [0.1, 0.15) is 62.0 Å². The van der Waals surface area contributed by atoms with Crippen LogP contribution < -0.4 is 0 Å². The van der Waals surface area contributed by atoms with Crippen molar-refractivity contribution in [1.82, 2.24) is 9.97 Å². The predicted molar refractivity (Wildman–Crippen MR) is 65.8 cm³/mol. The molecule has 2 aliphatic carbocycles. The zero-order valence-corrected chi connectivity index (χ0v) is 10.2. The first-order valence-corrected chi connectivity index (χ1v) is 6.87. The molecule has 92 valence electrons. The van der Waals surface area contributed by atoms with E-state index in [0.29, 0.717) is 11.7 Å². The van der Waals surface area contributed by atoms with Crippen molar-refractivity contribution in [3.05, 3.63) is 18.2 Å². The molecule has 1 aromatic heterocycles. The fourth-order valence-corrected chi connectivity index (χ4v) is 3.93. The number of fused-ring (bicyclic) bond motifs is 1. The third kappa shape index (κ3) is 1.72. The average Bonchev–Trinajstić information content (AvgIpc) is 2.91. The van der Waals surface area contributed by atoms with Crippen LogP contribution in [0.4, 0.5) is 0 Å². The number of carbonyl (C=O) groups is 1. The molecule has 1 heterocycles. The van der Waals surface area contributed by atoms with Gasteiger partial charge in [-0.1, -0.05) is 25.7 Å². The summed E-state index contributed by atoms with van der Waals surface area (Å²) in [7, 11) is 0. The quantitative estimate of drug-likeness (QED) is 0.795. The van der Waals surface area contributed by atoms with Gasteiger partial charge in [0.25, 0.3) is 0 Å². The van der Waals surface area contributed by atoms with E-state index in [1.807, 2.05) is 0 Å². The Morgan fingerprint density at radius 2 is 1.94 bits per heavy atom. The summed E-state index contributed by atoms with van der Waals surface area (Å²) in [5.74, 6) is 1.48. The van der Waals surface area contributed by atoms with E-state index in [1.54, 1.807) is 12.4 Å². The first-order valence-electron chi connectivity index (χ1n) is 6.87. The first kappa shape index (κ1) is 11.0. The lowest BCUT2D eigenvalue weighted by Crippen LogP contribution is -2.43. The molecule has 1 N–H and O–H groups in total. The van der Waals surface area contributed by atoms with Crippen molar-refractivity contribution in [2.24, 2.45) is 11.3 Å². The molecule has 3 heteroatoms. The molecule has 0 radical (unpaired) electrons. The zero-order chi connectivity index (χ0) is 11.7. The molecule has 2 saturated carbocycles. The molecule has 0 unspecified atom stereocenters. The number of H-pyrrole nitrogens is 1. The Kier molecular flexibility index (Phi) is 2.77. The summed E-state index contributed by atoms with van der Waals surface area (Å²) in [5, 5.41) is 0. The van der Waals surface area contributed by atoms with Crippen molar-refractivity contribution in [3.63, 3.8) is 0 Å². The molecule has 2 fully saturated rings. The molecular formula is C14H20N2O. The molecule has 0 aliphatic heterocycles. The Balaban J connectivity index is 1.93. The van der Waals surface area contributed by atoms with E-state index < -0.39 is 0 Å². The van der Waals surface area contributed by atoms with E-state index in [4.69, 9.17) is 0 Å². The Morgan fingerprint density at radius 1 is 1.24 bits per heavy atom. The van der Waals surface area contributed by atoms with Crippen molar-refractivity contribution in [2.45, 2.75) is 51.4 Å². The van der Waals surface area contributed by atoms with E-state index in [9.17, 15) is 4.79 Å². The van der Waals surface area contributed by atoms with Gasteiger partial charge in [0, 0.05) is 17.8 Å². The van der Waals surface area contributed by atoms with Crippen molar-refractivity contribution in [3.8, 4) is 0 Å². The van der Waals surface area contributed by atoms with Gasteiger partial charge >= 0.3 is 0 Å². The summed E-state index contributed by atoms with van der Waals surface area (Å²) >= 11 is 0. The molecule has 0 bridgehead atoms. The molecule has 0 saturated heterocycles. The second-order valence-electron chi connectivity index (χ2n) is 5.61. The highest BCUT2D eigenvalue weighted by Crippen LogP contribution is 2.51. The molecule has 17 heavy (non-hydrogen) atoms. The highest BCUT2D eigenvalue weighted by Gasteiger charge is 2.48. The first-order chi connectivity index (χ1) is 8.33. The summed E-state index contributed by atoms with van der Waals surface area (Å²) in [6.07, 6.45) is 13.1. The van der Waals surface area contributed by atoms with Crippen molar-refractivity contribution >= 4 is 5.78 Å². The number of nitrogens with zero attached hydrogens (tertiary/aromatic N) is 1. The highest BCUT2D eigenvalue weighted by atomic mass is 16.1. The summed E-state index contributed by atoms with van der Waals surface area (Å²) in [5.41, 5.74) is -0.0750. The third-order valence-corrected chi connectivity index (χ3v) is 4.80. The van der Waals surface area contributed by atoms with Gasteiger partial charge < -0.3 is 4.98 Å². The standard InChI is InChI=1S/C14H20N2O/c17-12(13-15-9-10-16-13)14-7-3-1-5-11(14)6-2-4-8-14/h9-11H,1-8H2,(H,15,16). The number of hydrogen-bond acceptors (Lipinski definition) is 2. The van der Waals surface area contributed by atoms with Crippen LogP contribution in [-0.4, -0.2) is 15.8 Å². The van der Waals surface area contributed by atoms with Gasteiger partial charge in [-0.05, 0) is 31.6 Å². The zero-order valence-electron chi connectivity index (χ0n) is 10.2. The van der Waals surface area contributed by atoms with Gasteiger partial charge in [0.1, 0.15) is 0 Å². The van der Waals surface area contributed by atoms with E-state index in [2.05, 4.69) is 9.97 Å². The maximum absolute atomic E-state index is 12.7. The van der Waals surface area contributed by atoms with Gasteiger partial charge in [0.15, 0.2) is 5.82 Å². The average molecular weight is 232 g/mol. The fraction of sp³-hybridized carbons (Fsp3) is 0.714. The van der Waals surface area contributed by atoms with Crippen LogP contribution in [-0.2, 0) is 0 Å². The molecule has 0 amide bonds. The number of carbonyl (C=O) groups excluding carboxylic acids is 1. The second kappa shape index (κ2) is 4.28. The van der Waals surface area contributed by atoms with Crippen molar-refractivity contribution in [2.75, 3.05) is 0 Å². The minimum atomic E-state index is -0.0750. The van der Waals surface area contributed by atoms with Crippen molar-refractivity contribution < 1.29 is 4.79 Å². The van der Waals surface area contributed by atoms with Crippen LogP contribution in [0.5, 0.6) is 0 Å². The largest absolute Gasteiger partial charge is 0.342 e. The minimum absolute atomic E-state index is 0.0750. The molecule has 2 aliphatic rings. The normalized spacial score (nSPS) is 33.1. The van der Waals surface area contributed by atoms with Gasteiger partial charge in [-0.15, -0.1) is 0 Å². The van der Waals surface area contributed by atoms with Crippen LogP contribution in [0.25, 0.3) is 0 Å². The number of nitrogens with one attached hydrogen (secondary N) is 1. The number of aromatic nitrogens is 2. The Bertz CT molecular complexity index is 384. The molecule has 3 rings (SSSR count). The summed E-state index contributed by atoms with van der Waals surface area (Å²) < 4.78 is 0. The van der Waals surface area contributed by atoms with E-state index in [0.717, 1.165) is 12.8 Å². The van der Waals surface area contributed by atoms with Crippen LogP contribution >= 0.6 is 0 Å². The van der Waals surface area contributed by atoms with Crippen LogP contribution in [0.2, 0.25) is 0 Å². The monoisotopic (exact) mass is 232 g/mol. The maximum Gasteiger partial charge on any atom is 0.204 e. The van der Waals surface area contributed by atoms with Gasteiger partial charge in [-0.2, -0.15) is 0 Å². The predicted octanol–water partition coefficient (Wildman–Crippen LogP) is 3.34. The van der Waals surface area contributed by atoms with Crippen LogP contribution in [0.3, 0.4) is 0 Å². The number of rotatable bonds is 2. The van der Waals surface area contributed by atoms with E-state index in [-0.39, 0.29) is 11.2 Å². The van der Waals surface area contributed by atoms with Crippen molar-refractivity contribution in [1.29, 1.82) is 0 Å². The summed E-state index contributed by atoms with van der Waals surface area (Å²) in [4.78, 5) is 19.9. The topological polar surface area (TPSA) is 45.8 Å². The SMILES string of the molecule is O=C(c1ncc[nH]1)C12CCCCC1CCCC2. The Hall–Kier alpha value is -1.12. The molecule has 0 aromatic carbocycles. The maximum atomic E-state index is 12.7. The highest BCUT2D eigenvalue weighted by molar-refractivity contribution is 5.97. The minimum Gasteiger partial charge on any atom is -0.342 e. The smallest absolute Gasteiger partial charge is 0.204 e. The number of Topliss-reactive ketones (excluding diaryl/α,β-unsaturated/α-hetero) is 1. The number of aromatic amines is 1. The van der Waals surface area contributed by atoms with Gasteiger partial charge in [0.05, 0.1) is 0 Å². The number of hydrogen-bond donors (Lipinski definition) is 1. The van der Waals surface area contributed by atoms with Gasteiger partial charge in [-0.3, -0.25) is 4.79 Å². The van der Waals surface area contributed by atoms with E-state index >= 15 is 0 Å². The second-order valence-corrected chi connectivity index (χ2v) is 5.61. The number of ketones is 1.